The molecule has 4 atom stereocenters. The minimum absolute atomic E-state index is 0.187. The quantitative estimate of drug-likeness (QED) is 0.827. The summed E-state index contributed by atoms with van der Waals surface area (Å²) in [4.78, 5) is 19.8. The highest BCUT2D eigenvalue weighted by molar-refractivity contribution is 5.94. The van der Waals surface area contributed by atoms with Gasteiger partial charge < -0.3 is 14.7 Å². The van der Waals surface area contributed by atoms with Gasteiger partial charge in [-0.25, -0.2) is 0 Å². The van der Waals surface area contributed by atoms with Crippen molar-refractivity contribution in [1.82, 2.24) is 9.80 Å². The number of benzene rings is 1. The summed E-state index contributed by atoms with van der Waals surface area (Å²) in [6, 6.07) is 9.44. The maximum atomic E-state index is 13.0. The van der Waals surface area contributed by atoms with Crippen LogP contribution in [0, 0.1) is 11.8 Å². The first-order chi connectivity index (χ1) is 12.5. The Hall–Kier alpha value is -1.55. The van der Waals surface area contributed by atoms with Crippen LogP contribution in [-0.4, -0.2) is 62.0 Å². The normalized spacial score (nSPS) is 30.8. The van der Waals surface area contributed by atoms with Crippen LogP contribution < -0.4 is 4.90 Å². The fraction of sp³-hybridized carbons (Fsp3) is 0.682. The van der Waals surface area contributed by atoms with Gasteiger partial charge in [0.2, 0.25) is 0 Å². The number of hydrogen-bond acceptors (Lipinski definition) is 3. The van der Waals surface area contributed by atoms with Crippen LogP contribution in [0.1, 0.15) is 48.9 Å². The Balaban J connectivity index is 1.36. The van der Waals surface area contributed by atoms with Gasteiger partial charge in [0.15, 0.2) is 0 Å². The second-order valence-electron chi connectivity index (χ2n) is 8.89. The van der Waals surface area contributed by atoms with Gasteiger partial charge in [-0.3, -0.25) is 4.79 Å². The van der Waals surface area contributed by atoms with E-state index in [0.717, 1.165) is 36.5 Å². The molecule has 1 amide bonds. The Labute approximate surface area is 158 Å². The van der Waals surface area contributed by atoms with E-state index in [1.54, 1.807) is 0 Å². The lowest BCUT2D eigenvalue weighted by molar-refractivity contribution is 0.0726. The third-order valence-electron chi connectivity index (χ3n) is 7.15. The van der Waals surface area contributed by atoms with Gasteiger partial charge in [-0.05, 0) is 88.7 Å². The largest absolute Gasteiger partial charge is 0.372 e. The molecule has 4 heteroatoms. The molecule has 4 nitrogen and oxygen atoms in total. The van der Waals surface area contributed by atoms with Crippen LogP contribution in [0.4, 0.5) is 5.69 Å². The summed E-state index contributed by atoms with van der Waals surface area (Å²) in [5.74, 6) is 1.80. The molecule has 1 aromatic carbocycles. The molecule has 2 aliphatic carbocycles. The summed E-state index contributed by atoms with van der Waals surface area (Å²) in [6.07, 6.45) is 7.54. The number of amides is 1. The number of hydrogen-bond donors (Lipinski definition) is 0. The Bertz CT molecular complexity index is 621. The molecular formula is C22H33N3O. The number of carbonyl (C=O) groups is 1. The van der Waals surface area contributed by atoms with Crippen LogP contribution in [0.25, 0.3) is 0 Å². The van der Waals surface area contributed by atoms with Crippen molar-refractivity contribution in [3.63, 3.8) is 0 Å². The molecule has 0 spiro atoms. The topological polar surface area (TPSA) is 26.8 Å². The molecule has 3 fully saturated rings. The van der Waals surface area contributed by atoms with E-state index in [2.05, 4.69) is 36.0 Å². The van der Waals surface area contributed by atoms with E-state index in [9.17, 15) is 4.79 Å². The van der Waals surface area contributed by atoms with E-state index in [0.29, 0.717) is 6.04 Å². The first-order valence-corrected chi connectivity index (χ1v) is 10.3. The van der Waals surface area contributed by atoms with E-state index in [4.69, 9.17) is 0 Å². The molecule has 4 rings (SSSR count). The first kappa shape index (κ1) is 17.8. The first-order valence-electron chi connectivity index (χ1n) is 10.3. The Morgan fingerprint density at radius 1 is 0.885 bits per heavy atom. The van der Waals surface area contributed by atoms with Crippen LogP contribution >= 0.6 is 0 Å². The van der Waals surface area contributed by atoms with Gasteiger partial charge in [-0.15, -0.1) is 0 Å². The molecule has 2 saturated carbocycles. The molecule has 1 heterocycles. The number of rotatable bonds is 4. The van der Waals surface area contributed by atoms with E-state index >= 15 is 0 Å². The number of carbonyl (C=O) groups excluding carboxylic acids is 1. The highest BCUT2D eigenvalue weighted by Gasteiger charge is 2.44. The average molecular weight is 356 g/mol. The minimum Gasteiger partial charge on any atom is -0.372 e. The number of fused-ring (bicyclic) bond motifs is 1. The maximum Gasteiger partial charge on any atom is 0.253 e. The Kier molecular flexibility index (Phi) is 4.96. The fourth-order valence-electron chi connectivity index (χ4n) is 5.45. The summed E-state index contributed by atoms with van der Waals surface area (Å²) in [7, 11) is 6.40. The van der Waals surface area contributed by atoms with Crippen molar-refractivity contribution in [1.29, 1.82) is 0 Å². The van der Waals surface area contributed by atoms with Gasteiger partial charge in [0.25, 0.3) is 5.91 Å². The van der Waals surface area contributed by atoms with Gasteiger partial charge in [0, 0.05) is 43.5 Å². The third-order valence-corrected chi connectivity index (χ3v) is 7.15. The summed E-state index contributed by atoms with van der Waals surface area (Å²) in [5, 5.41) is 0. The highest BCUT2D eigenvalue weighted by atomic mass is 16.2. The predicted molar refractivity (Wildman–Crippen MR) is 107 cm³/mol. The SMILES string of the molecule is CN(C)C1C[C@@H]2CC(N(C)C(=O)c3ccc(N4CCCC4)cc3)C[C@@H]2C1. The van der Waals surface area contributed by atoms with Crippen molar-refractivity contribution in [2.24, 2.45) is 11.8 Å². The molecule has 1 aliphatic heterocycles. The highest BCUT2D eigenvalue weighted by Crippen LogP contribution is 2.46. The van der Waals surface area contributed by atoms with Crippen LogP contribution in [-0.2, 0) is 0 Å². The van der Waals surface area contributed by atoms with E-state index < -0.39 is 0 Å². The summed E-state index contributed by atoms with van der Waals surface area (Å²) in [5.41, 5.74) is 2.09. The van der Waals surface area contributed by atoms with Crippen LogP contribution in [0.15, 0.2) is 24.3 Å². The molecule has 0 N–H and O–H groups in total. The molecule has 1 saturated heterocycles. The molecule has 26 heavy (non-hydrogen) atoms. The zero-order valence-corrected chi connectivity index (χ0v) is 16.5. The van der Waals surface area contributed by atoms with Crippen molar-refractivity contribution >= 4 is 11.6 Å². The fourth-order valence-corrected chi connectivity index (χ4v) is 5.45. The van der Waals surface area contributed by atoms with Crippen molar-refractivity contribution in [3.05, 3.63) is 29.8 Å². The standard InChI is InChI=1S/C22H33N3O/c1-23(2)20-12-17-14-21(15-18(17)13-20)24(3)22(26)16-6-8-19(9-7-16)25-10-4-5-11-25/h6-9,17-18,20-21H,4-5,10-15H2,1-3H3/t17-,18+,20?,21?. The zero-order chi connectivity index (χ0) is 18.3. The van der Waals surface area contributed by atoms with Crippen molar-refractivity contribution < 1.29 is 4.79 Å². The second-order valence-corrected chi connectivity index (χ2v) is 8.89. The van der Waals surface area contributed by atoms with Gasteiger partial charge in [0.1, 0.15) is 0 Å². The lowest BCUT2D eigenvalue weighted by Crippen LogP contribution is -2.36. The van der Waals surface area contributed by atoms with Gasteiger partial charge in [-0.1, -0.05) is 0 Å². The van der Waals surface area contributed by atoms with Crippen LogP contribution in [0.5, 0.6) is 0 Å². The number of anilines is 1. The molecule has 3 aliphatic rings. The van der Waals surface area contributed by atoms with E-state index in [1.807, 2.05) is 24.1 Å². The molecule has 142 valence electrons. The zero-order valence-electron chi connectivity index (χ0n) is 16.5. The molecule has 2 unspecified atom stereocenters. The van der Waals surface area contributed by atoms with E-state index in [-0.39, 0.29) is 5.91 Å². The molecular weight excluding hydrogens is 322 g/mol. The maximum absolute atomic E-state index is 13.0. The van der Waals surface area contributed by atoms with E-state index in [1.165, 1.54) is 44.2 Å². The van der Waals surface area contributed by atoms with Crippen LogP contribution in [0.2, 0.25) is 0 Å². The Morgan fingerprint density at radius 3 is 1.96 bits per heavy atom. The average Bonchev–Trinajstić information content (AvgIpc) is 3.36. The second kappa shape index (κ2) is 7.22. The van der Waals surface area contributed by atoms with Crippen LogP contribution in [0.3, 0.4) is 0 Å². The lowest BCUT2D eigenvalue weighted by Gasteiger charge is -2.27. The molecule has 0 aromatic heterocycles. The summed E-state index contributed by atoms with van der Waals surface area (Å²) >= 11 is 0. The molecule has 0 radical (unpaired) electrons. The molecule has 1 aromatic rings. The van der Waals surface area contributed by atoms with Crippen molar-refractivity contribution in [3.8, 4) is 0 Å². The lowest BCUT2D eigenvalue weighted by atomic mass is 10.0. The summed E-state index contributed by atoms with van der Waals surface area (Å²) in [6.45, 7) is 2.29. The Morgan fingerprint density at radius 2 is 1.42 bits per heavy atom. The number of nitrogens with zero attached hydrogens (tertiary/aromatic N) is 3. The predicted octanol–water partition coefficient (Wildman–Crippen LogP) is 3.48. The monoisotopic (exact) mass is 355 g/mol. The van der Waals surface area contributed by atoms with Gasteiger partial charge in [-0.2, -0.15) is 0 Å². The minimum atomic E-state index is 0.187. The smallest absolute Gasteiger partial charge is 0.253 e. The summed E-state index contributed by atoms with van der Waals surface area (Å²) < 4.78 is 0. The van der Waals surface area contributed by atoms with Gasteiger partial charge in [0.05, 0.1) is 0 Å². The third kappa shape index (κ3) is 3.36. The molecule has 0 bridgehead atoms. The van der Waals surface area contributed by atoms with Gasteiger partial charge >= 0.3 is 0 Å². The van der Waals surface area contributed by atoms with Crippen molar-refractivity contribution in [2.75, 3.05) is 39.1 Å². The van der Waals surface area contributed by atoms with Crippen molar-refractivity contribution in [2.45, 2.75) is 50.6 Å².